The van der Waals surface area contributed by atoms with Crippen LogP contribution < -0.4 is 22.1 Å². The predicted octanol–water partition coefficient (Wildman–Crippen LogP) is 3.79. The third-order valence-corrected chi connectivity index (χ3v) is 5.68. The third-order valence-electron chi connectivity index (χ3n) is 4.94. The molecule has 2 heterocycles. The highest BCUT2D eigenvalue weighted by Crippen LogP contribution is 2.26. The van der Waals surface area contributed by atoms with Crippen LogP contribution in [0.5, 0.6) is 0 Å². The van der Waals surface area contributed by atoms with Crippen LogP contribution in [0.2, 0.25) is 10.0 Å². The van der Waals surface area contributed by atoms with Gasteiger partial charge in [0.1, 0.15) is 5.82 Å². The van der Waals surface area contributed by atoms with Gasteiger partial charge < -0.3 is 27.0 Å². The Morgan fingerprint density at radius 1 is 0.969 bits per heavy atom. The maximum absolute atomic E-state index is 13.1. The fourth-order valence-corrected chi connectivity index (χ4v) is 3.71. The summed E-state index contributed by atoms with van der Waals surface area (Å²) in [4.78, 5) is 35.2. The summed E-state index contributed by atoms with van der Waals surface area (Å²) in [6.45, 7) is 0.757. The van der Waals surface area contributed by atoms with Crippen molar-refractivity contribution in [3.8, 4) is 0 Å². The van der Waals surface area contributed by atoms with Crippen molar-refractivity contribution in [2.45, 2.75) is 13.0 Å². The van der Waals surface area contributed by atoms with E-state index in [4.69, 9.17) is 34.7 Å². The van der Waals surface area contributed by atoms with Crippen LogP contribution in [0.4, 0.5) is 27.9 Å². The number of hydrogen-bond donors (Lipinski definition) is 4. The molecule has 6 N–H and O–H groups in total. The van der Waals surface area contributed by atoms with Gasteiger partial charge in [-0.25, -0.2) is 9.78 Å². The number of fused-ring (bicyclic) bond motifs is 1. The van der Waals surface area contributed by atoms with E-state index in [2.05, 4.69) is 20.6 Å². The molecule has 1 aromatic heterocycles. The average molecular weight is 472 g/mol. The second-order valence-corrected chi connectivity index (χ2v) is 7.97. The third kappa shape index (κ3) is 4.68. The van der Waals surface area contributed by atoms with Gasteiger partial charge in [-0.3, -0.25) is 4.79 Å². The molecule has 0 radical (unpaired) electrons. The first-order valence-electron chi connectivity index (χ1n) is 9.63. The highest BCUT2D eigenvalue weighted by atomic mass is 35.5. The number of aromatic nitrogens is 2. The van der Waals surface area contributed by atoms with Gasteiger partial charge >= 0.3 is 6.03 Å². The Kier molecular flexibility index (Phi) is 6.02. The molecule has 3 aromatic rings. The molecule has 0 fully saturated rings. The topological polar surface area (TPSA) is 139 Å². The van der Waals surface area contributed by atoms with Crippen molar-refractivity contribution < 1.29 is 9.59 Å². The number of rotatable bonds is 3. The van der Waals surface area contributed by atoms with E-state index in [1.807, 2.05) is 0 Å². The Labute approximate surface area is 193 Å². The Bertz CT molecular complexity index is 1220. The maximum atomic E-state index is 13.1. The summed E-state index contributed by atoms with van der Waals surface area (Å²) < 4.78 is 0. The van der Waals surface area contributed by atoms with Crippen LogP contribution in [0.1, 0.15) is 21.6 Å². The van der Waals surface area contributed by atoms with E-state index in [9.17, 15) is 9.59 Å². The largest absolute Gasteiger partial charge is 0.383 e. The van der Waals surface area contributed by atoms with Gasteiger partial charge in [-0.1, -0.05) is 29.3 Å². The number of nitrogen functional groups attached to an aromatic ring is 2. The average Bonchev–Trinajstić information content (AvgIpc) is 2.75. The number of urea groups is 1. The van der Waals surface area contributed by atoms with Crippen molar-refractivity contribution >= 4 is 58.3 Å². The number of carbonyl (C=O) groups is 2. The SMILES string of the molecule is Nc1nc(N)c2c(n1)CCN(C(=O)c1cccc(NC(=O)Nc3ccc(Cl)c(Cl)c3)c1)C2. The van der Waals surface area contributed by atoms with Gasteiger partial charge in [0.05, 0.1) is 22.3 Å². The lowest BCUT2D eigenvalue weighted by molar-refractivity contribution is 0.0734. The first-order valence-corrected chi connectivity index (χ1v) is 10.4. The second-order valence-electron chi connectivity index (χ2n) is 7.16. The highest BCUT2D eigenvalue weighted by molar-refractivity contribution is 6.42. The fourth-order valence-electron chi connectivity index (χ4n) is 3.41. The van der Waals surface area contributed by atoms with Crippen molar-refractivity contribution in [3.05, 3.63) is 69.3 Å². The fraction of sp³-hybridized carbons (Fsp3) is 0.143. The van der Waals surface area contributed by atoms with Gasteiger partial charge in [0.15, 0.2) is 0 Å². The monoisotopic (exact) mass is 471 g/mol. The van der Waals surface area contributed by atoms with E-state index < -0.39 is 6.03 Å². The van der Waals surface area contributed by atoms with Crippen LogP contribution in [-0.4, -0.2) is 33.4 Å². The van der Waals surface area contributed by atoms with Crippen molar-refractivity contribution in [2.75, 3.05) is 28.6 Å². The summed E-state index contributed by atoms with van der Waals surface area (Å²) in [5, 5.41) is 6.09. The molecule has 0 saturated carbocycles. The van der Waals surface area contributed by atoms with Gasteiger partial charge in [-0.2, -0.15) is 4.98 Å². The number of nitrogens with one attached hydrogen (secondary N) is 2. The molecule has 3 amide bonds. The standard InChI is InChI=1S/C21H19Cl2N7O2/c22-15-5-4-13(9-16(15)23)27-21(32)26-12-3-1-2-11(8-12)19(31)30-7-6-17-14(10-30)18(24)29-20(25)28-17/h1-5,8-9H,6-7,10H2,(H2,26,27,32)(H4,24,25,28,29). The smallest absolute Gasteiger partial charge is 0.323 e. The molecular weight excluding hydrogens is 453 g/mol. The molecule has 0 saturated heterocycles. The van der Waals surface area contributed by atoms with E-state index >= 15 is 0 Å². The lowest BCUT2D eigenvalue weighted by Gasteiger charge is -2.29. The molecule has 0 spiro atoms. The van der Waals surface area contributed by atoms with Gasteiger partial charge in [-0.05, 0) is 36.4 Å². The number of anilines is 4. The molecule has 11 heteroatoms. The maximum Gasteiger partial charge on any atom is 0.323 e. The number of benzene rings is 2. The second kappa shape index (κ2) is 8.89. The van der Waals surface area contributed by atoms with Crippen LogP contribution in [0.15, 0.2) is 42.5 Å². The minimum atomic E-state index is -0.484. The van der Waals surface area contributed by atoms with Crippen LogP contribution in [-0.2, 0) is 13.0 Å². The number of nitrogens with zero attached hydrogens (tertiary/aromatic N) is 3. The summed E-state index contributed by atoms with van der Waals surface area (Å²) in [6.07, 6.45) is 0.530. The lowest BCUT2D eigenvalue weighted by atomic mass is 10.0. The van der Waals surface area contributed by atoms with Gasteiger partial charge in [0.2, 0.25) is 5.95 Å². The van der Waals surface area contributed by atoms with Gasteiger partial charge in [-0.15, -0.1) is 0 Å². The molecule has 9 nitrogen and oxygen atoms in total. The molecule has 1 aliphatic rings. The summed E-state index contributed by atoms with van der Waals surface area (Å²) in [5.74, 6) is 0.207. The molecule has 2 aromatic carbocycles. The van der Waals surface area contributed by atoms with Crippen molar-refractivity contribution in [2.24, 2.45) is 0 Å². The number of halogens is 2. The molecule has 0 unspecified atom stereocenters. The first kappa shape index (κ1) is 21.7. The van der Waals surface area contributed by atoms with Crippen molar-refractivity contribution in [1.82, 2.24) is 14.9 Å². The van der Waals surface area contributed by atoms with E-state index in [1.165, 1.54) is 0 Å². The highest BCUT2D eigenvalue weighted by Gasteiger charge is 2.25. The zero-order valence-electron chi connectivity index (χ0n) is 16.7. The van der Waals surface area contributed by atoms with E-state index in [1.54, 1.807) is 47.4 Å². The first-order chi connectivity index (χ1) is 15.3. The van der Waals surface area contributed by atoms with Gasteiger partial charge in [0.25, 0.3) is 5.91 Å². The Morgan fingerprint density at radius 2 is 1.72 bits per heavy atom. The molecule has 0 atom stereocenters. The van der Waals surface area contributed by atoms with E-state index in [0.29, 0.717) is 45.5 Å². The number of carbonyl (C=O) groups excluding carboxylic acids is 2. The molecule has 164 valence electrons. The van der Waals surface area contributed by atoms with E-state index in [-0.39, 0.29) is 24.2 Å². The minimum absolute atomic E-state index is 0.124. The number of amides is 3. The zero-order valence-corrected chi connectivity index (χ0v) is 18.2. The minimum Gasteiger partial charge on any atom is -0.383 e. The van der Waals surface area contributed by atoms with Gasteiger partial charge in [0, 0.05) is 35.5 Å². The molecule has 0 bridgehead atoms. The van der Waals surface area contributed by atoms with Crippen LogP contribution in [0, 0.1) is 0 Å². The summed E-state index contributed by atoms with van der Waals surface area (Å²) in [6, 6.07) is 10.9. The van der Waals surface area contributed by atoms with Crippen LogP contribution in [0.25, 0.3) is 0 Å². The Morgan fingerprint density at radius 3 is 2.47 bits per heavy atom. The normalized spacial score (nSPS) is 12.8. The molecule has 1 aliphatic heterocycles. The predicted molar refractivity (Wildman–Crippen MR) is 125 cm³/mol. The number of nitrogens with two attached hydrogens (primary N) is 2. The molecule has 32 heavy (non-hydrogen) atoms. The lowest BCUT2D eigenvalue weighted by Crippen LogP contribution is -2.37. The van der Waals surface area contributed by atoms with Crippen LogP contribution >= 0.6 is 23.2 Å². The molecule has 4 rings (SSSR count). The Hall–Kier alpha value is -3.56. The summed E-state index contributed by atoms with van der Waals surface area (Å²) in [5.41, 5.74) is 14.4. The number of hydrogen-bond acceptors (Lipinski definition) is 6. The molecule has 0 aliphatic carbocycles. The van der Waals surface area contributed by atoms with E-state index in [0.717, 1.165) is 5.69 Å². The quantitative estimate of drug-likeness (QED) is 0.458. The summed E-state index contributed by atoms with van der Waals surface area (Å²) >= 11 is 11.9. The van der Waals surface area contributed by atoms with Crippen molar-refractivity contribution in [3.63, 3.8) is 0 Å². The van der Waals surface area contributed by atoms with Crippen LogP contribution in [0.3, 0.4) is 0 Å². The molecular formula is C21H19Cl2N7O2. The summed E-state index contributed by atoms with van der Waals surface area (Å²) in [7, 11) is 0. The van der Waals surface area contributed by atoms with Crippen molar-refractivity contribution in [1.29, 1.82) is 0 Å². The zero-order chi connectivity index (χ0) is 22.8. The Balaban J connectivity index is 1.45.